The second-order valence-electron chi connectivity index (χ2n) is 1.74. The lowest BCUT2D eigenvalue weighted by molar-refractivity contribution is 1.45. The Morgan fingerprint density at radius 3 is 2.70 bits per heavy atom. The summed E-state index contributed by atoms with van der Waals surface area (Å²) in [4.78, 5) is 0. The number of rotatable bonds is 0. The van der Waals surface area contributed by atoms with Gasteiger partial charge in [-0.25, -0.2) is 0 Å². The smallest absolute Gasteiger partial charge is 0.100 e. The van der Waals surface area contributed by atoms with Gasteiger partial charge in [0.05, 0.1) is 5.56 Å². The lowest BCUT2D eigenvalue weighted by Gasteiger charge is -1.93. The summed E-state index contributed by atoms with van der Waals surface area (Å²) in [5, 5.41) is 8.54. The van der Waals surface area contributed by atoms with Crippen LogP contribution in [-0.4, -0.2) is 0 Å². The molecule has 0 aromatic heterocycles. The van der Waals surface area contributed by atoms with E-state index in [4.69, 9.17) is 5.26 Å². The topological polar surface area (TPSA) is 23.8 Å². The molecule has 0 atom stereocenters. The Bertz CT molecular complexity index is 290. The Balaban J connectivity index is 3.23. The highest BCUT2D eigenvalue weighted by atomic mass is 127. The predicted molar refractivity (Wildman–Crippen MR) is 51.6 cm³/mol. The van der Waals surface area contributed by atoms with Gasteiger partial charge in [-0.3, -0.25) is 0 Å². The summed E-state index contributed by atoms with van der Waals surface area (Å²) >= 11 is 5.44. The van der Waals surface area contributed by atoms with E-state index < -0.39 is 0 Å². The molecule has 0 radical (unpaired) electrons. The van der Waals surface area contributed by atoms with Gasteiger partial charge in [0.15, 0.2) is 0 Å². The molecule has 0 amide bonds. The van der Waals surface area contributed by atoms with E-state index in [9.17, 15) is 0 Å². The Labute approximate surface area is 81.3 Å². The molecule has 1 nitrogen and oxygen atoms in total. The van der Waals surface area contributed by atoms with Crippen LogP contribution in [0.15, 0.2) is 22.7 Å². The van der Waals surface area contributed by atoms with Crippen LogP contribution in [-0.2, 0) is 0 Å². The lowest BCUT2D eigenvalue weighted by atomic mass is 10.2. The molecule has 0 aliphatic carbocycles. The third-order valence-electron chi connectivity index (χ3n) is 1.05. The van der Waals surface area contributed by atoms with Crippen LogP contribution in [0.1, 0.15) is 5.56 Å². The third-order valence-corrected chi connectivity index (χ3v) is 2.44. The number of hydrogen-bond acceptors (Lipinski definition) is 1. The molecule has 0 saturated carbocycles. The second kappa shape index (κ2) is 3.35. The number of halogens is 2. The highest BCUT2D eigenvalue weighted by Crippen LogP contribution is 2.17. The van der Waals surface area contributed by atoms with E-state index in [1.807, 2.05) is 12.1 Å². The molecule has 0 fully saturated rings. The van der Waals surface area contributed by atoms with Gasteiger partial charge in [-0.15, -0.1) is 0 Å². The van der Waals surface area contributed by atoms with Crippen LogP contribution < -0.4 is 0 Å². The van der Waals surface area contributed by atoms with Crippen molar-refractivity contribution in [3.05, 3.63) is 31.8 Å². The standard InChI is InChI=1S/C7H3BrIN/c8-6-2-1-5(4-10)7(9)3-6/h1-3H. The Morgan fingerprint density at radius 1 is 1.50 bits per heavy atom. The quantitative estimate of drug-likeness (QED) is 0.676. The zero-order valence-electron chi connectivity index (χ0n) is 4.94. The molecule has 0 bridgehead atoms. The van der Waals surface area contributed by atoms with Crippen molar-refractivity contribution in [3.8, 4) is 6.07 Å². The third kappa shape index (κ3) is 1.70. The van der Waals surface area contributed by atoms with Gasteiger partial charge in [-0.05, 0) is 40.8 Å². The zero-order chi connectivity index (χ0) is 7.56. The minimum absolute atomic E-state index is 0.726. The molecule has 3 heteroatoms. The largest absolute Gasteiger partial charge is 0.192 e. The van der Waals surface area contributed by atoms with E-state index in [2.05, 4.69) is 44.6 Å². The Hall–Kier alpha value is -0.0800. The van der Waals surface area contributed by atoms with Crippen LogP contribution in [0.5, 0.6) is 0 Å². The molecule has 10 heavy (non-hydrogen) atoms. The van der Waals surface area contributed by atoms with Gasteiger partial charge in [0.1, 0.15) is 6.07 Å². The second-order valence-corrected chi connectivity index (χ2v) is 3.81. The average molecular weight is 308 g/mol. The van der Waals surface area contributed by atoms with Crippen molar-refractivity contribution in [2.24, 2.45) is 0 Å². The van der Waals surface area contributed by atoms with Crippen LogP contribution in [0.4, 0.5) is 0 Å². The summed E-state index contributed by atoms with van der Waals surface area (Å²) in [5.74, 6) is 0. The first-order valence-electron chi connectivity index (χ1n) is 2.59. The van der Waals surface area contributed by atoms with Crippen LogP contribution >= 0.6 is 38.5 Å². The SMILES string of the molecule is N#Cc1ccc(Br)cc1I. The Morgan fingerprint density at radius 2 is 2.20 bits per heavy atom. The van der Waals surface area contributed by atoms with Gasteiger partial charge >= 0.3 is 0 Å². The van der Waals surface area contributed by atoms with Gasteiger partial charge in [-0.2, -0.15) is 5.26 Å². The normalized spacial score (nSPS) is 8.90. The molecule has 50 valence electrons. The molecule has 0 spiro atoms. The number of nitrogens with zero attached hydrogens (tertiary/aromatic N) is 1. The first-order valence-corrected chi connectivity index (χ1v) is 4.46. The van der Waals surface area contributed by atoms with Crippen molar-refractivity contribution in [2.75, 3.05) is 0 Å². The van der Waals surface area contributed by atoms with Gasteiger partial charge in [0.25, 0.3) is 0 Å². The van der Waals surface area contributed by atoms with Crippen molar-refractivity contribution in [3.63, 3.8) is 0 Å². The van der Waals surface area contributed by atoms with Crippen molar-refractivity contribution >= 4 is 38.5 Å². The van der Waals surface area contributed by atoms with Crippen LogP contribution in [0.2, 0.25) is 0 Å². The van der Waals surface area contributed by atoms with E-state index in [0.29, 0.717) is 0 Å². The fraction of sp³-hybridized carbons (Fsp3) is 0. The molecule has 1 rings (SSSR count). The molecule has 1 aromatic rings. The molecule has 1 aromatic carbocycles. The van der Waals surface area contributed by atoms with Crippen molar-refractivity contribution < 1.29 is 0 Å². The summed E-state index contributed by atoms with van der Waals surface area (Å²) in [5.41, 5.74) is 0.726. The van der Waals surface area contributed by atoms with E-state index in [-0.39, 0.29) is 0 Å². The predicted octanol–water partition coefficient (Wildman–Crippen LogP) is 2.93. The molecular formula is C7H3BrIN. The summed E-state index contributed by atoms with van der Waals surface area (Å²) in [6, 6.07) is 7.67. The minimum Gasteiger partial charge on any atom is -0.192 e. The van der Waals surface area contributed by atoms with Gasteiger partial charge in [0.2, 0.25) is 0 Å². The van der Waals surface area contributed by atoms with E-state index in [1.165, 1.54) is 0 Å². The summed E-state index contributed by atoms with van der Waals surface area (Å²) in [6.45, 7) is 0. The summed E-state index contributed by atoms with van der Waals surface area (Å²) < 4.78 is 1.99. The molecule has 0 aliphatic rings. The van der Waals surface area contributed by atoms with E-state index in [1.54, 1.807) is 6.07 Å². The monoisotopic (exact) mass is 307 g/mol. The van der Waals surface area contributed by atoms with Gasteiger partial charge in [0, 0.05) is 8.04 Å². The maximum Gasteiger partial charge on any atom is 0.100 e. The summed E-state index contributed by atoms with van der Waals surface area (Å²) in [7, 11) is 0. The van der Waals surface area contributed by atoms with E-state index >= 15 is 0 Å². The zero-order valence-corrected chi connectivity index (χ0v) is 8.68. The minimum atomic E-state index is 0.726. The van der Waals surface area contributed by atoms with Crippen LogP contribution in [0.25, 0.3) is 0 Å². The number of nitriles is 1. The highest BCUT2D eigenvalue weighted by molar-refractivity contribution is 14.1. The molecule has 0 N–H and O–H groups in total. The van der Waals surface area contributed by atoms with Crippen molar-refractivity contribution in [1.29, 1.82) is 5.26 Å². The fourth-order valence-electron chi connectivity index (χ4n) is 0.580. The lowest BCUT2D eigenvalue weighted by Crippen LogP contribution is -1.79. The average Bonchev–Trinajstić information content (AvgIpc) is 1.88. The van der Waals surface area contributed by atoms with Gasteiger partial charge in [-0.1, -0.05) is 15.9 Å². The van der Waals surface area contributed by atoms with Crippen LogP contribution in [0.3, 0.4) is 0 Å². The molecule has 0 aliphatic heterocycles. The number of hydrogen-bond donors (Lipinski definition) is 0. The molecule has 0 heterocycles. The van der Waals surface area contributed by atoms with Gasteiger partial charge < -0.3 is 0 Å². The van der Waals surface area contributed by atoms with Crippen molar-refractivity contribution in [2.45, 2.75) is 0 Å². The van der Waals surface area contributed by atoms with Crippen molar-refractivity contribution in [1.82, 2.24) is 0 Å². The molecule has 0 saturated heterocycles. The molecular weight excluding hydrogens is 305 g/mol. The highest BCUT2D eigenvalue weighted by Gasteiger charge is 1.96. The van der Waals surface area contributed by atoms with E-state index in [0.717, 1.165) is 13.6 Å². The maximum atomic E-state index is 8.54. The first-order chi connectivity index (χ1) is 4.74. The maximum absolute atomic E-state index is 8.54. The Kier molecular flexibility index (Phi) is 2.69. The molecule has 0 unspecified atom stereocenters. The van der Waals surface area contributed by atoms with Crippen LogP contribution in [0, 0.1) is 14.9 Å². The number of benzene rings is 1. The summed E-state index contributed by atoms with van der Waals surface area (Å²) in [6.07, 6.45) is 0. The first kappa shape index (κ1) is 8.02. The fourth-order valence-corrected chi connectivity index (χ4v) is 2.01.